The molecule has 1 aromatic carbocycles. The molecule has 2 aliphatic heterocycles. The fourth-order valence-corrected chi connectivity index (χ4v) is 4.09. The Hall–Kier alpha value is -1.07. The maximum atomic E-state index is 11.1. The van der Waals surface area contributed by atoms with Crippen molar-refractivity contribution in [3.8, 4) is 5.75 Å². The van der Waals surface area contributed by atoms with Crippen molar-refractivity contribution in [1.29, 1.82) is 0 Å². The predicted molar refractivity (Wildman–Crippen MR) is 78.8 cm³/mol. The molecule has 2 fully saturated rings. The minimum Gasteiger partial charge on any atom is -0.488 e. The Morgan fingerprint density at radius 1 is 1.20 bits per heavy atom. The molecule has 20 heavy (non-hydrogen) atoms. The zero-order valence-corrected chi connectivity index (χ0v) is 12.4. The van der Waals surface area contributed by atoms with E-state index in [4.69, 9.17) is 4.74 Å². The number of piperidine rings is 1. The van der Waals surface area contributed by atoms with Gasteiger partial charge in [0.2, 0.25) is 0 Å². The molecule has 3 rings (SSSR count). The molecular formula is C15H21NO3S. The van der Waals surface area contributed by atoms with Crippen molar-refractivity contribution < 1.29 is 13.2 Å². The van der Waals surface area contributed by atoms with Gasteiger partial charge >= 0.3 is 0 Å². The van der Waals surface area contributed by atoms with Gasteiger partial charge in [0, 0.05) is 0 Å². The highest BCUT2D eigenvalue weighted by Crippen LogP contribution is 2.22. The molecule has 0 saturated carbocycles. The zero-order chi connectivity index (χ0) is 14.0. The molecule has 1 aromatic rings. The van der Waals surface area contributed by atoms with Gasteiger partial charge in [0.05, 0.1) is 11.5 Å². The summed E-state index contributed by atoms with van der Waals surface area (Å²) in [5.41, 5.74) is 1.33. The molecule has 1 atom stereocenters. The Morgan fingerprint density at radius 2 is 1.95 bits per heavy atom. The van der Waals surface area contributed by atoms with Crippen LogP contribution in [0.3, 0.4) is 0 Å². The first-order valence-electron chi connectivity index (χ1n) is 7.27. The van der Waals surface area contributed by atoms with E-state index < -0.39 is 9.84 Å². The highest BCUT2D eigenvalue weighted by molar-refractivity contribution is 7.92. The third-order valence-electron chi connectivity index (χ3n) is 4.03. The normalized spacial score (nSPS) is 25.9. The predicted octanol–water partition coefficient (Wildman–Crippen LogP) is 1.40. The first-order valence-corrected chi connectivity index (χ1v) is 9.10. The van der Waals surface area contributed by atoms with Crippen LogP contribution in [0.25, 0.3) is 0 Å². The Bertz CT molecular complexity index is 535. The summed E-state index contributed by atoms with van der Waals surface area (Å²) in [5, 5.41) is 3.43. The zero-order valence-electron chi connectivity index (χ0n) is 11.5. The highest BCUT2D eigenvalue weighted by atomic mass is 32.2. The minimum atomic E-state index is -2.81. The summed E-state index contributed by atoms with van der Waals surface area (Å²) in [6.07, 6.45) is 3.51. The van der Waals surface area contributed by atoms with Gasteiger partial charge < -0.3 is 10.1 Å². The van der Waals surface area contributed by atoms with Gasteiger partial charge in [-0.1, -0.05) is 12.1 Å². The summed E-state index contributed by atoms with van der Waals surface area (Å²) in [7, 11) is -2.81. The Balaban J connectivity index is 1.52. The SMILES string of the molecule is O=S1(=O)CC(Oc2ccc(CC3CCCNC3)cc2)C1. The van der Waals surface area contributed by atoms with Crippen molar-refractivity contribution >= 4 is 9.84 Å². The molecule has 2 saturated heterocycles. The van der Waals surface area contributed by atoms with Crippen molar-refractivity contribution in [3.63, 3.8) is 0 Å². The molecule has 0 amide bonds. The van der Waals surface area contributed by atoms with Crippen LogP contribution < -0.4 is 10.1 Å². The molecule has 0 aliphatic carbocycles. The van der Waals surface area contributed by atoms with Crippen LogP contribution in [-0.4, -0.2) is 39.1 Å². The van der Waals surface area contributed by atoms with Crippen LogP contribution in [-0.2, 0) is 16.3 Å². The van der Waals surface area contributed by atoms with Gasteiger partial charge in [-0.2, -0.15) is 0 Å². The fourth-order valence-electron chi connectivity index (χ4n) is 2.91. The Kier molecular flexibility index (Phi) is 3.98. The molecule has 0 spiro atoms. The lowest BCUT2D eigenvalue weighted by molar-refractivity contribution is 0.230. The number of ether oxygens (including phenoxy) is 1. The summed E-state index contributed by atoms with van der Waals surface area (Å²) in [4.78, 5) is 0. The molecule has 0 bridgehead atoms. The lowest BCUT2D eigenvalue weighted by Gasteiger charge is -2.26. The smallest absolute Gasteiger partial charge is 0.157 e. The molecule has 5 heteroatoms. The van der Waals surface area contributed by atoms with Crippen molar-refractivity contribution in [2.75, 3.05) is 24.6 Å². The van der Waals surface area contributed by atoms with Gasteiger partial charge in [0.15, 0.2) is 9.84 Å². The molecule has 4 nitrogen and oxygen atoms in total. The van der Waals surface area contributed by atoms with Crippen LogP contribution in [0.1, 0.15) is 18.4 Å². The van der Waals surface area contributed by atoms with E-state index in [9.17, 15) is 8.42 Å². The van der Waals surface area contributed by atoms with Crippen LogP contribution in [0, 0.1) is 5.92 Å². The van der Waals surface area contributed by atoms with E-state index >= 15 is 0 Å². The standard InChI is InChI=1S/C15H21NO3S/c17-20(18)10-15(11-20)19-14-5-3-12(4-6-14)8-13-2-1-7-16-9-13/h3-6,13,15-16H,1-2,7-11H2. The first-order chi connectivity index (χ1) is 9.61. The van der Waals surface area contributed by atoms with Gasteiger partial charge in [-0.3, -0.25) is 0 Å². The number of hydrogen-bond acceptors (Lipinski definition) is 4. The summed E-state index contributed by atoms with van der Waals surface area (Å²) in [5.74, 6) is 1.81. The summed E-state index contributed by atoms with van der Waals surface area (Å²) >= 11 is 0. The van der Waals surface area contributed by atoms with Gasteiger partial charge in [0.25, 0.3) is 0 Å². The number of rotatable bonds is 4. The van der Waals surface area contributed by atoms with E-state index in [1.165, 1.54) is 18.4 Å². The maximum Gasteiger partial charge on any atom is 0.157 e. The van der Waals surface area contributed by atoms with Crippen LogP contribution >= 0.6 is 0 Å². The largest absolute Gasteiger partial charge is 0.488 e. The summed E-state index contributed by atoms with van der Waals surface area (Å²) < 4.78 is 27.8. The van der Waals surface area contributed by atoms with Crippen LogP contribution in [0.5, 0.6) is 5.75 Å². The van der Waals surface area contributed by atoms with Crippen molar-refractivity contribution in [3.05, 3.63) is 29.8 Å². The van der Waals surface area contributed by atoms with Gasteiger partial charge in [-0.15, -0.1) is 0 Å². The Morgan fingerprint density at radius 3 is 2.55 bits per heavy atom. The monoisotopic (exact) mass is 295 g/mol. The molecule has 2 aliphatic rings. The number of hydrogen-bond donors (Lipinski definition) is 1. The number of sulfone groups is 1. The van der Waals surface area contributed by atoms with E-state index in [1.807, 2.05) is 12.1 Å². The van der Waals surface area contributed by atoms with Gasteiger partial charge in [-0.25, -0.2) is 8.42 Å². The molecule has 0 radical (unpaired) electrons. The summed E-state index contributed by atoms with van der Waals surface area (Å²) in [6.45, 7) is 2.26. The number of nitrogens with one attached hydrogen (secondary N) is 1. The molecule has 2 heterocycles. The maximum absolute atomic E-state index is 11.1. The second kappa shape index (κ2) is 5.74. The van der Waals surface area contributed by atoms with Crippen molar-refractivity contribution in [1.82, 2.24) is 5.32 Å². The quantitative estimate of drug-likeness (QED) is 0.912. The lowest BCUT2D eigenvalue weighted by atomic mass is 9.92. The van der Waals surface area contributed by atoms with E-state index in [0.717, 1.165) is 31.2 Å². The van der Waals surface area contributed by atoms with Crippen LogP contribution in [0.2, 0.25) is 0 Å². The average Bonchev–Trinajstić information content (AvgIpc) is 2.40. The molecular weight excluding hydrogens is 274 g/mol. The van der Waals surface area contributed by atoms with Crippen molar-refractivity contribution in [2.24, 2.45) is 5.92 Å². The second-order valence-corrected chi connectivity index (χ2v) is 8.03. The average molecular weight is 295 g/mol. The van der Waals surface area contributed by atoms with E-state index in [1.54, 1.807) is 0 Å². The van der Waals surface area contributed by atoms with Crippen LogP contribution in [0.15, 0.2) is 24.3 Å². The second-order valence-electron chi connectivity index (χ2n) is 5.88. The van der Waals surface area contributed by atoms with Crippen LogP contribution in [0.4, 0.5) is 0 Å². The van der Waals surface area contributed by atoms with Crippen molar-refractivity contribution in [2.45, 2.75) is 25.4 Å². The summed E-state index contributed by atoms with van der Waals surface area (Å²) in [6, 6.07) is 8.10. The highest BCUT2D eigenvalue weighted by Gasteiger charge is 2.35. The van der Waals surface area contributed by atoms with E-state index in [-0.39, 0.29) is 17.6 Å². The van der Waals surface area contributed by atoms with E-state index in [0.29, 0.717) is 0 Å². The topological polar surface area (TPSA) is 55.4 Å². The third-order valence-corrected chi connectivity index (χ3v) is 5.79. The molecule has 1 N–H and O–H groups in total. The number of benzene rings is 1. The van der Waals surface area contributed by atoms with Gasteiger partial charge in [-0.05, 0) is 56.0 Å². The van der Waals surface area contributed by atoms with Gasteiger partial charge in [0.1, 0.15) is 11.9 Å². The van der Waals surface area contributed by atoms with E-state index in [2.05, 4.69) is 17.4 Å². The molecule has 1 unspecified atom stereocenters. The minimum absolute atomic E-state index is 0.155. The lowest BCUT2D eigenvalue weighted by Crippen LogP contribution is -2.45. The first kappa shape index (κ1) is 13.9. The molecule has 110 valence electrons. The Labute approximate surface area is 120 Å². The third kappa shape index (κ3) is 3.52. The fraction of sp³-hybridized carbons (Fsp3) is 0.600. The molecule has 0 aromatic heterocycles.